The molecule has 0 N–H and O–H groups in total. The van der Waals surface area contributed by atoms with E-state index in [0.717, 1.165) is 0 Å². The van der Waals surface area contributed by atoms with E-state index in [-0.39, 0.29) is 12.7 Å². The molecule has 2 rings (SSSR count). The van der Waals surface area contributed by atoms with Crippen LogP contribution in [-0.2, 0) is 14.3 Å². The molecule has 0 aliphatic carbocycles. The van der Waals surface area contributed by atoms with Gasteiger partial charge < -0.3 is 14.4 Å². The second-order valence-electron chi connectivity index (χ2n) is 3.96. The number of aromatic nitrogens is 1. The third-order valence-electron chi connectivity index (χ3n) is 2.59. The first kappa shape index (κ1) is 13.6. The molecule has 0 atom stereocenters. The van der Waals surface area contributed by atoms with Gasteiger partial charge in [0.25, 0.3) is 0 Å². The average Bonchev–Trinajstić information content (AvgIpc) is 2.35. The zero-order chi connectivity index (χ0) is 13.8. The van der Waals surface area contributed by atoms with Gasteiger partial charge in [0.05, 0.1) is 19.7 Å². The lowest BCUT2D eigenvalue weighted by atomic mass is 10.1. The van der Waals surface area contributed by atoms with E-state index in [1.165, 1.54) is 4.90 Å². The van der Waals surface area contributed by atoms with Gasteiger partial charge in [-0.25, -0.2) is 9.78 Å². The van der Waals surface area contributed by atoms with Crippen molar-refractivity contribution in [1.29, 1.82) is 0 Å². The lowest BCUT2D eigenvalue weighted by Crippen LogP contribution is -2.58. The Morgan fingerprint density at radius 2 is 2.26 bits per heavy atom. The molecule has 102 valence electrons. The zero-order valence-electron chi connectivity index (χ0n) is 10.3. The van der Waals surface area contributed by atoms with Crippen molar-refractivity contribution < 1.29 is 19.1 Å². The lowest BCUT2D eigenvalue weighted by Gasteiger charge is -2.37. The monoisotopic (exact) mass is 284 g/mol. The minimum atomic E-state index is -0.836. The van der Waals surface area contributed by atoms with Gasteiger partial charge in [-0.05, 0) is 19.1 Å². The van der Waals surface area contributed by atoms with Crippen LogP contribution in [0.2, 0.25) is 5.02 Å². The second-order valence-corrected chi connectivity index (χ2v) is 4.37. The molecule has 0 spiro atoms. The van der Waals surface area contributed by atoms with Crippen molar-refractivity contribution in [2.45, 2.75) is 13.0 Å². The fourth-order valence-electron chi connectivity index (χ4n) is 1.62. The van der Waals surface area contributed by atoms with Crippen molar-refractivity contribution in [1.82, 2.24) is 9.88 Å². The SMILES string of the molecule is CCOC(=O)C(=O)N1CC(Oc2ncccc2Cl)C1. The molecular weight excluding hydrogens is 272 g/mol. The molecule has 7 heteroatoms. The highest BCUT2D eigenvalue weighted by Gasteiger charge is 2.36. The Morgan fingerprint density at radius 1 is 1.53 bits per heavy atom. The molecule has 1 amide bonds. The van der Waals surface area contributed by atoms with Crippen LogP contribution < -0.4 is 4.74 Å². The summed E-state index contributed by atoms with van der Waals surface area (Å²) in [6.07, 6.45) is 1.37. The molecule has 2 heterocycles. The molecule has 1 aliphatic heterocycles. The van der Waals surface area contributed by atoms with E-state index in [9.17, 15) is 9.59 Å². The predicted molar refractivity (Wildman–Crippen MR) is 66.9 cm³/mol. The van der Waals surface area contributed by atoms with Crippen molar-refractivity contribution in [3.63, 3.8) is 0 Å². The van der Waals surface area contributed by atoms with Gasteiger partial charge in [0.1, 0.15) is 11.1 Å². The summed E-state index contributed by atoms with van der Waals surface area (Å²) >= 11 is 5.90. The quantitative estimate of drug-likeness (QED) is 0.609. The normalized spacial score (nSPS) is 14.7. The Labute approximate surface area is 115 Å². The largest absolute Gasteiger partial charge is 0.470 e. The van der Waals surface area contributed by atoms with Crippen molar-refractivity contribution in [3.8, 4) is 5.88 Å². The summed E-state index contributed by atoms with van der Waals surface area (Å²) in [5.41, 5.74) is 0. The molecule has 0 aromatic carbocycles. The molecule has 1 aromatic rings. The molecule has 0 unspecified atom stereocenters. The number of likely N-dealkylation sites (tertiary alicyclic amines) is 1. The number of nitrogens with zero attached hydrogens (tertiary/aromatic N) is 2. The van der Waals surface area contributed by atoms with Gasteiger partial charge in [-0.15, -0.1) is 0 Å². The minimum Gasteiger partial charge on any atom is -0.470 e. The van der Waals surface area contributed by atoms with E-state index in [2.05, 4.69) is 9.72 Å². The molecule has 0 bridgehead atoms. The third kappa shape index (κ3) is 3.14. The molecule has 19 heavy (non-hydrogen) atoms. The van der Waals surface area contributed by atoms with E-state index in [0.29, 0.717) is 24.0 Å². The number of hydrogen-bond acceptors (Lipinski definition) is 5. The zero-order valence-corrected chi connectivity index (χ0v) is 11.1. The van der Waals surface area contributed by atoms with E-state index in [1.807, 2.05) is 0 Å². The maximum absolute atomic E-state index is 11.5. The Hall–Kier alpha value is -1.82. The van der Waals surface area contributed by atoms with Gasteiger partial charge in [0, 0.05) is 6.20 Å². The average molecular weight is 285 g/mol. The van der Waals surface area contributed by atoms with Crippen molar-refractivity contribution in [2.75, 3.05) is 19.7 Å². The third-order valence-corrected chi connectivity index (χ3v) is 2.88. The van der Waals surface area contributed by atoms with Gasteiger partial charge in [0.2, 0.25) is 5.88 Å². The standard InChI is InChI=1S/C12H13ClN2O4/c1-2-18-12(17)11(16)15-6-8(7-15)19-10-9(13)4-3-5-14-10/h3-5,8H,2,6-7H2,1H3. The van der Waals surface area contributed by atoms with Gasteiger partial charge in [-0.1, -0.05) is 11.6 Å². The lowest BCUT2D eigenvalue weighted by molar-refractivity contribution is -0.164. The molecule has 6 nitrogen and oxygen atoms in total. The van der Waals surface area contributed by atoms with Gasteiger partial charge in [-0.2, -0.15) is 0 Å². The van der Waals surface area contributed by atoms with Crippen LogP contribution in [0.1, 0.15) is 6.92 Å². The predicted octanol–water partition coefficient (Wildman–Crippen LogP) is 0.888. The van der Waals surface area contributed by atoms with E-state index < -0.39 is 11.9 Å². The van der Waals surface area contributed by atoms with Crippen LogP contribution in [0.15, 0.2) is 18.3 Å². The number of carbonyl (C=O) groups is 2. The van der Waals surface area contributed by atoms with Crippen molar-refractivity contribution in [3.05, 3.63) is 23.4 Å². The van der Waals surface area contributed by atoms with E-state index in [4.69, 9.17) is 16.3 Å². The highest BCUT2D eigenvalue weighted by atomic mass is 35.5. The molecule has 1 aliphatic rings. The Bertz CT molecular complexity index is 488. The Morgan fingerprint density at radius 3 is 2.89 bits per heavy atom. The molecule has 0 saturated carbocycles. The first-order valence-electron chi connectivity index (χ1n) is 5.85. The number of carbonyl (C=O) groups excluding carboxylic acids is 2. The number of esters is 1. The van der Waals surface area contributed by atoms with Crippen LogP contribution in [0.3, 0.4) is 0 Å². The number of rotatable bonds is 3. The fraction of sp³-hybridized carbons (Fsp3) is 0.417. The van der Waals surface area contributed by atoms with Crippen LogP contribution in [0.4, 0.5) is 0 Å². The smallest absolute Gasteiger partial charge is 0.397 e. The van der Waals surface area contributed by atoms with Gasteiger partial charge in [0.15, 0.2) is 0 Å². The maximum atomic E-state index is 11.5. The summed E-state index contributed by atoms with van der Waals surface area (Å²) in [4.78, 5) is 28.1. The van der Waals surface area contributed by atoms with E-state index in [1.54, 1.807) is 25.3 Å². The van der Waals surface area contributed by atoms with E-state index >= 15 is 0 Å². The van der Waals surface area contributed by atoms with Gasteiger partial charge in [-0.3, -0.25) is 4.79 Å². The minimum absolute atomic E-state index is 0.182. The van der Waals surface area contributed by atoms with Crippen molar-refractivity contribution >= 4 is 23.5 Å². The number of ether oxygens (including phenoxy) is 2. The Kier molecular flexibility index (Phi) is 4.21. The summed E-state index contributed by atoms with van der Waals surface area (Å²) < 4.78 is 10.1. The number of hydrogen-bond donors (Lipinski definition) is 0. The van der Waals surface area contributed by atoms with Crippen molar-refractivity contribution in [2.24, 2.45) is 0 Å². The number of pyridine rings is 1. The first-order chi connectivity index (χ1) is 9.11. The summed E-state index contributed by atoms with van der Waals surface area (Å²) in [5, 5.41) is 0.415. The van der Waals surface area contributed by atoms with Crippen LogP contribution >= 0.6 is 11.6 Å². The second kappa shape index (κ2) is 5.88. The van der Waals surface area contributed by atoms with Crippen LogP contribution in [0, 0.1) is 0 Å². The van der Waals surface area contributed by atoms with Crippen LogP contribution in [-0.4, -0.2) is 47.6 Å². The molecular formula is C12H13ClN2O4. The molecule has 1 aromatic heterocycles. The van der Waals surface area contributed by atoms with Crippen LogP contribution in [0.25, 0.3) is 0 Å². The molecule has 1 saturated heterocycles. The summed E-state index contributed by atoms with van der Waals surface area (Å²) in [6.45, 7) is 2.48. The summed E-state index contributed by atoms with van der Waals surface area (Å²) in [5.74, 6) is -1.15. The Balaban J connectivity index is 1.82. The maximum Gasteiger partial charge on any atom is 0.397 e. The molecule has 1 fully saturated rings. The topological polar surface area (TPSA) is 68.7 Å². The highest BCUT2D eigenvalue weighted by molar-refractivity contribution is 6.32. The van der Waals surface area contributed by atoms with Gasteiger partial charge >= 0.3 is 11.9 Å². The number of halogens is 1. The molecule has 0 radical (unpaired) electrons. The fourth-order valence-corrected chi connectivity index (χ4v) is 1.78. The highest BCUT2D eigenvalue weighted by Crippen LogP contribution is 2.23. The van der Waals surface area contributed by atoms with Crippen LogP contribution in [0.5, 0.6) is 5.88 Å². The first-order valence-corrected chi connectivity index (χ1v) is 6.22. The number of amides is 1. The summed E-state index contributed by atoms with van der Waals surface area (Å²) in [7, 11) is 0. The summed E-state index contributed by atoms with van der Waals surface area (Å²) in [6, 6.07) is 3.37.